The lowest BCUT2D eigenvalue weighted by Gasteiger charge is -2.47. The van der Waals surface area contributed by atoms with Crippen molar-refractivity contribution in [3.8, 4) is 0 Å². The molecule has 4 nitrogen and oxygen atoms in total. The molecule has 1 aromatic carbocycles. The quantitative estimate of drug-likeness (QED) is 0.453. The highest BCUT2D eigenvalue weighted by Crippen LogP contribution is 2.32. The first-order valence-electron chi connectivity index (χ1n) is 10.8. The summed E-state index contributed by atoms with van der Waals surface area (Å²) in [7, 11) is 4.20. The molecule has 2 heterocycles. The molecular formula is C23H38N4. The highest BCUT2D eigenvalue weighted by atomic mass is 15.2. The lowest BCUT2D eigenvalue weighted by Crippen LogP contribution is -2.56. The summed E-state index contributed by atoms with van der Waals surface area (Å²) in [4.78, 5) is 7.06. The van der Waals surface area contributed by atoms with Crippen molar-refractivity contribution in [1.82, 2.24) is 15.5 Å². The molecule has 150 valence electrons. The minimum atomic E-state index is 0.561. The van der Waals surface area contributed by atoms with Gasteiger partial charge in [0.2, 0.25) is 0 Å². The number of guanidine groups is 1. The molecule has 27 heavy (non-hydrogen) atoms. The number of hydrogen-bond acceptors (Lipinski definition) is 2. The molecule has 2 bridgehead atoms. The molecular weight excluding hydrogens is 332 g/mol. The summed E-state index contributed by atoms with van der Waals surface area (Å²) in [6.07, 6.45) is 8.84. The van der Waals surface area contributed by atoms with Gasteiger partial charge < -0.3 is 15.5 Å². The van der Waals surface area contributed by atoms with Crippen molar-refractivity contribution in [2.75, 3.05) is 20.6 Å². The van der Waals surface area contributed by atoms with E-state index in [9.17, 15) is 0 Å². The third-order valence-electron chi connectivity index (χ3n) is 6.49. The van der Waals surface area contributed by atoms with E-state index in [0.717, 1.165) is 37.4 Å². The third kappa shape index (κ3) is 5.47. The van der Waals surface area contributed by atoms with Crippen LogP contribution in [-0.2, 0) is 6.42 Å². The van der Waals surface area contributed by atoms with Gasteiger partial charge in [-0.05, 0) is 62.6 Å². The van der Waals surface area contributed by atoms with Gasteiger partial charge in [-0.25, -0.2) is 0 Å². The first-order valence-corrected chi connectivity index (χ1v) is 10.8. The molecule has 0 aliphatic carbocycles. The van der Waals surface area contributed by atoms with Gasteiger partial charge in [0.05, 0.1) is 0 Å². The smallest absolute Gasteiger partial charge is 0.191 e. The lowest BCUT2D eigenvalue weighted by molar-refractivity contribution is 0.0526. The number of nitrogens with one attached hydrogen (secondary N) is 2. The number of nitrogens with zero attached hydrogens (tertiary/aromatic N) is 2. The standard InChI is InChI=1S/C23H38N4/c1-17(2)19-12-10-18(11-13-19)7-6-14-25-23(24-3)26-20-15-21-8-5-9-22(16-20)27(21)4/h10-13,17,20-22H,5-9,14-16H2,1-4H3,(H2,24,25,26). The van der Waals surface area contributed by atoms with E-state index < -0.39 is 0 Å². The summed E-state index contributed by atoms with van der Waals surface area (Å²) in [5.74, 6) is 1.58. The lowest BCUT2D eigenvalue weighted by atomic mass is 9.82. The summed E-state index contributed by atoms with van der Waals surface area (Å²) < 4.78 is 0. The predicted octanol–water partition coefficient (Wildman–Crippen LogP) is 3.92. The van der Waals surface area contributed by atoms with E-state index in [1.165, 1.54) is 43.2 Å². The normalized spacial score (nSPS) is 26.3. The molecule has 0 saturated carbocycles. The van der Waals surface area contributed by atoms with E-state index in [1.54, 1.807) is 0 Å². The number of piperidine rings is 2. The molecule has 3 rings (SSSR count). The Bertz CT molecular complexity index is 593. The first-order chi connectivity index (χ1) is 13.1. The van der Waals surface area contributed by atoms with Crippen LogP contribution < -0.4 is 10.6 Å². The Morgan fingerprint density at radius 2 is 1.81 bits per heavy atom. The summed E-state index contributed by atoms with van der Waals surface area (Å²) in [5, 5.41) is 7.20. The molecule has 0 aromatic heterocycles. The van der Waals surface area contributed by atoms with Gasteiger partial charge in [0.25, 0.3) is 0 Å². The van der Waals surface area contributed by atoms with Crippen molar-refractivity contribution >= 4 is 5.96 Å². The second kappa shape index (κ2) is 9.59. The van der Waals surface area contributed by atoms with Gasteiger partial charge >= 0.3 is 0 Å². The van der Waals surface area contributed by atoms with Crippen LogP contribution in [0.4, 0.5) is 0 Å². The van der Waals surface area contributed by atoms with Crippen molar-refractivity contribution in [3.63, 3.8) is 0 Å². The molecule has 2 atom stereocenters. The Hall–Kier alpha value is -1.55. The van der Waals surface area contributed by atoms with E-state index >= 15 is 0 Å². The van der Waals surface area contributed by atoms with Crippen LogP contribution in [0.3, 0.4) is 0 Å². The Labute approximate surface area is 165 Å². The number of aryl methyl sites for hydroxylation is 1. The van der Waals surface area contributed by atoms with Crippen molar-refractivity contribution in [1.29, 1.82) is 0 Å². The van der Waals surface area contributed by atoms with Crippen LogP contribution in [0.5, 0.6) is 0 Å². The van der Waals surface area contributed by atoms with Crippen LogP contribution in [0, 0.1) is 0 Å². The third-order valence-corrected chi connectivity index (χ3v) is 6.49. The van der Waals surface area contributed by atoms with Gasteiger partial charge in [-0.3, -0.25) is 4.99 Å². The Morgan fingerprint density at radius 1 is 1.15 bits per heavy atom. The number of fused-ring (bicyclic) bond motifs is 2. The molecule has 1 aromatic rings. The zero-order chi connectivity index (χ0) is 19.2. The molecule has 2 saturated heterocycles. The van der Waals surface area contributed by atoms with Gasteiger partial charge in [-0.2, -0.15) is 0 Å². The topological polar surface area (TPSA) is 39.7 Å². The number of hydrogen-bond donors (Lipinski definition) is 2. The fourth-order valence-corrected chi connectivity index (χ4v) is 4.69. The van der Waals surface area contributed by atoms with Gasteiger partial charge in [0.15, 0.2) is 5.96 Å². The van der Waals surface area contributed by atoms with Crippen molar-refractivity contribution in [3.05, 3.63) is 35.4 Å². The first kappa shape index (κ1) is 20.2. The molecule has 4 heteroatoms. The summed E-state index contributed by atoms with van der Waals surface area (Å²) in [6.45, 7) is 5.45. The second-order valence-corrected chi connectivity index (χ2v) is 8.72. The van der Waals surface area contributed by atoms with Gasteiger partial charge in [-0.1, -0.05) is 44.5 Å². The Morgan fingerprint density at radius 3 is 2.41 bits per heavy atom. The van der Waals surface area contributed by atoms with Crippen molar-refractivity contribution < 1.29 is 0 Å². The molecule has 0 radical (unpaired) electrons. The van der Waals surface area contributed by atoms with Crippen molar-refractivity contribution in [2.45, 2.75) is 82.8 Å². The van der Waals surface area contributed by atoms with Crippen LogP contribution in [-0.4, -0.2) is 49.6 Å². The minimum absolute atomic E-state index is 0.561. The fourth-order valence-electron chi connectivity index (χ4n) is 4.69. The molecule has 2 aliphatic rings. The van der Waals surface area contributed by atoms with Crippen LogP contribution >= 0.6 is 0 Å². The van der Waals surface area contributed by atoms with Crippen LogP contribution in [0.15, 0.2) is 29.3 Å². The zero-order valence-corrected chi connectivity index (χ0v) is 17.7. The van der Waals surface area contributed by atoms with Crippen LogP contribution in [0.25, 0.3) is 0 Å². The summed E-state index contributed by atoms with van der Waals surface area (Å²) in [5.41, 5.74) is 2.84. The van der Waals surface area contributed by atoms with Crippen LogP contribution in [0.2, 0.25) is 0 Å². The van der Waals surface area contributed by atoms with Gasteiger partial charge in [0, 0.05) is 31.7 Å². The number of benzene rings is 1. The maximum absolute atomic E-state index is 4.45. The van der Waals surface area contributed by atoms with E-state index in [-0.39, 0.29) is 0 Å². The van der Waals surface area contributed by atoms with E-state index in [4.69, 9.17) is 0 Å². The molecule has 2 aliphatic heterocycles. The van der Waals surface area contributed by atoms with Crippen LogP contribution in [0.1, 0.15) is 69.4 Å². The zero-order valence-electron chi connectivity index (χ0n) is 17.7. The van der Waals surface area contributed by atoms with Crippen molar-refractivity contribution in [2.24, 2.45) is 4.99 Å². The monoisotopic (exact) mass is 370 g/mol. The molecule has 0 spiro atoms. The average Bonchev–Trinajstić information content (AvgIpc) is 2.65. The maximum atomic E-state index is 4.45. The Kier molecular flexibility index (Phi) is 7.17. The SMILES string of the molecule is CN=C(NCCCc1ccc(C(C)C)cc1)NC1CC2CCCC(C1)N2C. The summed E-state index contributed by atoms with van der Waals surface area (Å²) >= 11 is 0. The fraction of sp³-hybridized carbons (Fsp3) is 0.696. The predicted molar refractivity (Wildman–Crippen MR) is 116 cm³/mol. The van der Waals surface area contributed by atoms with E-state index in [0.29, 0.717) is 12.0 Å². The average molecular weight is 371 g/mol. The molecule has 2 N–H and O–H groups in total. The molecule has 2 fully saturated rings. The van der Waals surface area contributed by atoms with E-state index in [2.05, 4.69) is 65.7 Å². The van der Waals surface area contributed by atoms with E-state index in [1.807, 2.05) is 7.05 Å². The highest BCUT2D eigenvalue weighted by Gasteiger charge is 2.36. The molecule has 2 unspecified atom stereocenters. The van der Waals surface area contributed by atoms with Gasteiger partial charge in [0.1, 0.15) is 0 Å². The second-order valence-electron chi connectivity index (χ2n) is 8.72. The van der Waals surface area contributed by atoms with Gasteiger partial charge in [-0.15, -0.1) is 0 Å². The minimum Gasteiger partial charge on any atom is -0.356 e. The number of aliphatic imine (C=N–C) groups is 1. The summed E-state index contributed by atoms with van der Waals surface area (Å²) in [6, 6.07) is 11.2. The molecule has 0 amide bonds. The maximum Gasteiger partial charge on any atom is 0.191 e. The highest BCUT2D eigenvalue weighted by molar-refractivity contribution is 5.79. The largest absolute Gasteiger partial charge is 0.356 e. The Balaban J connectivity index is 1.39. The number of rotatable bonds is 6.